The van der Waals surface area contributed by atoms with E-state index in [1.807, 2.05) is 12.2 Å². The molecule has 1 heterocycles. The van der Waals surface area contributed by atoms with Gasteiger partial charge in [-0.15, -0.1) is 0 Å². The number of amides is 2. The van der Waals surface area contributed by atoms with Crippen LogP contribution in [0.15, 0.2) is 24.3 Å². The number of alkyl halides is 3. The lowest BCUT2D eigenvalue weighted by Gasteiger charge is -2.20. The molecule has 0 atom stereocenters. The Kier molecular flexibility index (Phi) is 7.23. The van der Waals surface area contributed by atoms with E-state index >= 15 is 0 Å². The van der Waals surface area contributed by atoms with Crippen LogP contribution < -0.4 is 10.1 Å². The number of aryl methyl sites for hydroxylation is 1. The van der Waals surface area contributed by atoms with E-state index in [4.69, 9.17) is 9.47 Å². The number of methoxy groups -OCH3 is 1. The smallest absolute Gasteiger partial charge is 0.471 e. The van der Waals surface area contributed by atoms with Crippen molar-refractivity contribution in [2.24, 2.45) is 0 Å². The fraction of sp³-hybridized carbons (Fsp3) is 0.320. The van der Waals surface area contributed by atoms with Gasteiger partial charge in [0.05, 0.1) is 18.4 Å². The first kappa shape index (κ1) is 25.8. The largest absolute Gasteiger partial charge is 0.496 e. The Hall–Kier alpha value is -3.82. The molecule has 0 aliphatic carbocycles. The quantitative estimate of drug-likeness (QED) is 0.606. The summed E-state index contributed by atoms with van der Waals surface area (Å²) in [6.45, 7) is 3.35. The first-order valence-electron chi connectivity index (χ1n) is 10.6. The molecule has 1 aliphatic rings. The van der Waals surface area contributed by atoms with Gasteiger partial charge in [0.1, 0.15) is 12.4 Å². The van der Waals surface area contributed by atoms with Crippen LogP contribution in [0.5, 0.6) is 5.75 Å². The number of hydrogen-bond donors (Lipinski definition) is 1. The van der Waals surface area contributed by atoms with Crippen LogP contribution >= 0.6 is 0 Å². The Morgan fingerprint density at radius 1 is 1.23 bits per heavy atom. The van der Waals surface area contributed by atoms with E-state index in [0.717, 1.165) is 5.56 Å². The van der Waals surface area contributed by atoms with Crippen molar-refractivity contribution in [1.82, 2.24) is 4.90 Å². The number of anilines is 1. The molecule has 2 amide bonds. The third-order valence-corrected chi connectivity index (χ3v) is 5.70. The molecular weight excluding hydrogens is 465 g/mol. The van der Waals surface area contributed by atoms with E-state index in [-0.39, 0.29) is 41.5 Å². The zero-order valence-electron chi connectivity index (χ0n) is 19.9. The van der Waals surface area contributed by atoms with Crippen LogP contribution in [0.4, 0.5) is 18.9 Å². The molecule has 186 valence electrons. The maximum atomic E-state index is 13.0. The standard InChI is InChI=1S/C25H25F3N2O5/c1-13-9-10-15(11-17(13)22(31)30(3)4)7-6-8-16-20(29-24(33)25(26,27)28)19-18(12-35-23(19)32)14(2)21(16)34-5/h6-7,9-11H,8,12H2,1-5H3,(H,29,33). The molecule has 7 nitrogen and oxygen atoms in total. The van der Waals surface area contributed by atoms with Crippen molar-refractivity contribution in [3.63, 3.8) is 0 Å². The van der Waals surface area contributed by atoms with Gasteiger partial charge < -0.3 is 19.7 Å². The highest BCUT2D eigenvalue weighted by atomic mass is 19.4. The van der Waals surface area contributed by atoms with Gasteiger partial charge in [-0.1, -0.05) is 24.3 Å². The lowest BCUT2D eigenvalue weighted by molar-refractivity contribution is -0.167. The number of allylic oxidation sites excluding steroid dienone is 1. The SMILES string of the molecule is COc1c(C)c2c(c(NC(=O)C(F)(F)F)c1CC=Cc1ccc(C)c(C(=O)N(C)C)c1)C(=O)OC2. The minimum atomic E-state index is -5.15. The molecule has 35 heavy (non-hydrogen) atoms. The summed E-state index contributed by atoms with van der Waals surface area (Å²) in [5.41, 5.74) is 2.71. The maximum absolute atomic E-state index is 13.0. The molecular formula is C25H25F3N2O5. The summed E-state index contributed by atoms with van der Waals surface area (Å²) in [7, 11) is 4.65. The normalized spacial score (nSPS) is 13.0. The number of fused-ring (bicyclic) bond motifs is 1. The molecule has 3 rings (SSSR count). The number of cyclic esters (lactones) is 1. The van der Waals surface area contributed by atoms with E-state index in [1.165, 1.54) is 12.0 Å². The summed E-state index contributed by atoms with van der Waals surface area (Å²) in [5.74, 6) is -2.94. The Balaban J connectivity index is 2.06. The van der Waals surface area contributed by atoms with Crippen LogP contribution in [0.3, 0.4) is 0 Å². The van der Waals surface area contributed by atoms with Crippen molar-refractivity contribution in [1.29, 1.82) is 0 Å². The number of rotatable bonds is 6. The number of nitrogens with zero attached hydrogens (tertiary/aromatic N) is 1. The highest BCUT2D eigenvalue weighted by Gasteiger charge is 2.41. The summed E-state index contributed by atoms with van der Waals surface area (Å²) >= 11 is 0. The number of esters is 1. The fourth-order valence-electron chi connectivity index (χ4n) is 3.90. The van der Waals surface area contributed by atoms with Crippen LogP contribution in [-0.4, -0.2) is 50.1 Å². The molecule has 0 saturated heterocycles. The van der Waals surface area contributed by atoms with Crippen molar-refractivity contribution >= 4 is 29.5 Å². The Morgan fingerprint density at radius 3 is 2.51 bits per heavy atom. The van der Waals surface area contributed by atoms with Crippen molar-refractivity contribution in [3.8, 4) is 5.75 Å². The molecule has 0 unspecified atom stereocenters. The second-order valence-corrected chi connectivity index (χ2v) is 8.27. The van der Waals surface area contributed by atoms with Crippen LogP contribution in [0.1, 0.15) is 48.5 Å². The van der Waals surface area contributed by atoms with Gasteiger partial charge in [-0.2, -0.15) is 13.2 Å². The molecule has 0 aromatic heterocycles. The summed E-state index contributed by atoms with van der Waals surface area (Å²) in [5, 5.41) is 1.85. The monoisotopic (exact) mass is 490 g/mol. The Morgan fingerprint density at radius 2 is 1.91 bits per heavy atom. The zero-order valence-corrected chi connectivity index (χ0v) is 19.9. The summed E-state index contributed by atoms with van der Waals surface area (Å²) in [6.07, 6.45) is -1.77. The van der Waals surface area contributed by atoms with E-state index in [0.29, 0.717) is 22.3 Å². The van der Waals surface area contributed by atoms with Crippen molar-refractivity contribution in [2.45, 2.75) is 33.1 Å². The van der Waals surface area contributed by atoms with Crippen molar-refractivity contribution in [2.75, 3.05) is 26.5 Å². The third-order valence-electron chi connectivity index (χ3n) is 5.70. The second-order valence-electron chi connectivity index (χ2n) is 8.27. The second kappa shape index (κ2) is 9.81. The van der Waals surface area contributed by atoms with Gasteiger partial charge in [0.2, 0.25) is 0 Å². The highest BCUT2D eigenvalue weighted by molar-refractivity contribution is 6.07. The Bertz CT molecular complexity index is 1230. The highest BCUT2D eigenvalue weighted by Crippen LogP contribution is 2.42. The summed E-state index contributed by atoms with van der Waals surface area (Å²) in [4.78, 5) is 38.0. The zero-order chi connectivity index (χ0) is 26.1. The van der Waals surface area contributed by atoms with E-state index < -0.39 is 18.1 Å². The lowest BCUT2D eigenvalue weighted by atomic mass is 9.93. The first-order chi connectivity index (χ1) is 16.4. The Labute approximate surface area is 200 Å². The van der Waals surface area contributed by atoms with Gasteiger partial charge >= 0.3 is 18.1 Å². The van der Waals surface area contributed by atoms with Crippen LogP contribution in [-0.2, 0) is 22.6 Å². The van der Waals surface area contributed by atoms with Gasteiger partial charge in [0, 0.05) is 30.8 Å². The van der Waals surface area contributed by atoms with Crippen LogP contribution in [0.2, 0.25) is 0 Å². The molecule has 0 fully saturated rings. The maximum Gasteiger partial charge on any atom is 0.471 e. The number of carbonyl (C=O) groups is 3. The number of nitrogens with one attached hydrogen (secondary N) is 1. The van der Waals surface area contributed by atoms with Crippen molar-refractivity contribution < 1.29 is 37.0 Å². The molecule has 0 bridgehead atoms. The predicted molar refractivity (Wildman–Crippen MR) is 123 cm³/mol. The van der Waals surface area contributed by atoms with Gasteiger partial charge in [0.25, 0.3) is 5.91 Å². The van der Waals surface area contributed by atoms with Crippen LogP contribution in [0, 0.1) is 13.8 Å². The van der Waals surface area contributed by atoms with E-state index in [9.17, 15) is 27.6 Å². The van der Waals surface area contributed by atoms with Crippen molar-refractivity contribution in [3.05, 3.63) is 63.2 Å². The molecule has 2 aromatic carbocycles. The first-order valence-corrected chi connectivity index (χ1v) is 10.6. The minimum Gasteiger partial charge on any atom is -0.496 e. The summed E-state index contributed by atoms with van der Waals surface area (Å²) < 4.78 is 49.6. The van der Waals surface area contributed by atoms with Gasteiger partial charge in [-0.3, -0.25) is 9.59 Å². The topological polar surface area (TPSA) is 84.9 Å². The lowest BCUT2D eigenvalue weighted by Crippen LogP contribution is -2.31. The molecule has 1 N–H and O–H groups in total. The number of benzene rings is 2. The van der Waals surface area contributed by atoms with Gasteiger partial charge in [0.15, 0.2) is 0 Å². The van der Waals surface area contributed by atoms with E-state index in [1.54, 1.807) is 51.4 Å². The third kappa shape index (κ3) is 5.16. The fourth-order valence-corrected chi connectivity index (χ4v) is 3.90. The number of halogens is 3. The number of hydrogen-bond acceptors (Lipinski definition) is 5. The molecule has 10 heteroatoms. The molecule has 0 radical (unpaired) electrons. The molecule has 1 aliphatic heterocycles. The van der Waals surface area contributed by atoms with Gasteiger partial charge in [-0.05, 0) is 43.0 Å². The minimum absolute atomic E-state index is 0.0306. The molecule has 0 saturated carbocycles. The average Bonchev–Trinajstić information content (AvgIpc) is 3.17. The molecule has 0 spiro atoms. The number of carbonyl (C=O) groups excluding carboxylic acids is 3. The number of ether oxygens (including phenoxy) is 2. The average molecular weight is 490 g/mol. The van der Waals surface area contributed by atoms with Crippen LogP contribution in [0.25, 0.3) is 6.08 Å². The molecule has 2 aromatic rings. The summed E-state index contributed by atoms with van der Waals surface area (Å²) in [6, 6.07) is 5.30. The van der Waals surface area contributed by atoms with E-state index in [2.05, 4.69) is 0 Å². The van der Waals surface area contributed by atoms with Gasteiger partial charge in [-0.25, -0.2) is 4.79 Å². The predicted octanol–water partition coefficient (Wildman–Crippen LogP) is 4.44.